The Kier molecular flexibility index (Phi) is 5.83. The Morgan fingerprint density at radius 2 is 1.71 bits per heavy atom. The van der Waals surface area contributed by atoms with Gasteiger partial charge >= 0.3 is 29.6 Å². The first-order chi connectivity index (χ1) is 2.56. The SMILES string of the molecule is O=S(=O)(O)CF.[NaH]. The van der Waals surface area contributed by atoms with Crippen molar-refractivity contribution in [1.29, 1.82) is 0 Å². The molecule has 0 aliphatic rings. The van der Waals surface area contributed by atoms with Crippen LogP contribution >= 0.6 is 0 Å². The number of hydrogen-bond donors (Lipinski definition) is 1. The third kappa shape index (κ3) is 10.9. The Bertz CT molecular complexity index is 117. The van der Waals surface area contributed by atoms with E-state index >= 15 is 0 Å². The second kappa shape index (κ2) is 3.80. The van der Waals surface area contributed by atoms with Crippen molar-refractivity contribution in [2.75, 3.05) is 6.01 Å². The van der Waals surface area contributed by atoms with Crippen molar-refractivity contribution in [2.24, 2.45) is 0 Å². The van der Waals surface area contributed by atoms with Gasteiger partial charge in [0.15, 0.2) is 0 Å². The average Bonchev–Trinajstić information content (AvgIpc) is 1.35. The van der Waals surface area contributed by atoms with Crippen LogP contribution in [0.1, 0.15) is 0 Å². The maximum absolute atomic E-state index is 10.7. The van der Waals surface area contributed by atoms with Crippen LogP contribution in [0.15, 0.2) is 0 Å². The molecule has 0 unspecified atom stereocenters. The van der Waals surface area contributed by atoms with Gasteiger partial charge in [-0.25, -0.2) is 4.39 Å². The Balaban J connectivity index is 0. The van der Waals surface area contributed by atoms with Crippen molar-refractivity contribution in [3.63, 3.8) is 0 Å². The van der Waals surface area contributed by atoms with Crippen LogP contribution in [0.25, 0.3) is 0 Å². The first kappa shape index (κ1) is 10.8. The minimum absolute atomic E-state index is 0. The van der Waals surface area contributed by atoms with Gasteiger partial charge in [0.2, 0.25) is 6.01 Å². The fourth-order valence-corrected chi connectivity index (χ4v) is 0. The molecular weight excluding hydrogens is 134 g/mol. The molecule has 0 bridgehead atoms. The molecule has 0 spiro atoms. The predicted octanol–water partition coefficient (Wildman–Crippen LogP) is -0.847. The molecule has 1 N–H and O–H groups in total. The van der Waals surface area contributed by atoms with E-state index in [1.807, 2.05) is 0 Å². The molecule has 0 aromatic rings. The van der Waals surface area contributed by atoms with E-state index in [4.69, 9.17) is 4.55 Å². The number of halogens is 1. The van der Waals surface area contributed by atoms with E-state index in [1.54, 1.807) is 0 Å². The first-order valence-corrected chi connectivity index (χ1v) is 2.68. The van der Waals surface area contributed by atoms with Crippen molar-refractivity contribution in [3.8, 4) is 0 Å². The zero-order valence-corrected chi connectivity index (χ0v) is 3.57. The summed E-state index contributed by atoms with van der Waals surface area (Å²) in [5.74, 6) is 0. The molecule has 6 heteroatoms. The van der Waals surface area contributed by atoms with Crippen molar-refractivity contribution >= 4 is 39.7 Å². The number of alkyl halides is 1. The molecule has 3 nitrogen and oxygen atoms in total. The van der Waals surface area contributed by atoms with E-state index in [-0.39, 0.29) is 29.6 Å². The summed E-state index contributed by atoms with van der Waals surface area (Å²) in [5, 5.41) is 0. The first-order valence-electron chi connectivity index (χ1n) is 1.07. The Morgan fingerprint density at radius 1 is 1.57 bits per heavy atom. The third-order valence-corrected chi connectivity index (χ3v) is 0.414. The van der Waals surface area contributed by atoms with E-state index in [2.05, 4.69) is 0 Å². The Labute approximate surface area is 62.9 Å². The molecule has 0 saturated carbocycles. The molecular formula is CH4FNaO3S. The van der Waals surface area contributed by atoms with E-state index in [9.17, 15) is 12.8 Å². The molecule has 0 aromatic heterocycles. The molecule has 0 aromatic carbocycles. The molecule has 0 saturated heterocycles. The summed E-state index contributed by atoms with van der Waals surface area (Å²) >= 11 is 0. The fraction of sp³-hybridized carbons (Fsp3) is 1.00. The van der Waals surface area contributed by atoms with Crippen LogP contribution < -0.4 is 0 Å². The average molecular weight is 138 g/mol. The summed E-state index contributed by atoms with van der Waals surface area (Å²) in [6, 6.07) is -1.70. The van der Waals surface area contributed by atoms with Crippen LogP contribution in [-0.2, 0) is 10.1 Å². The van der Waals surface area contributed by atoms with E-state index in [0.29, 0.717) is 0 Å². The normalized spacial score (nSPS) is 10.0. The van der Waals surface area contributed by atoms with Gasteiger partial charge in [0.1, 0.15) is 0 Å². The van der Waals surface area contributed by atoms with E-state index in [0.717, 1.165) is 0 Å². The van der Waals surface area contributed by atoms with Crippen LogP contribution in [-0.4, -0.2) is 48.5 Å². The van der Waals surface area contributed by atoms with Crippen molar-refractivity contribution < 1.29 is 17.4 Å². The monoisotopic (exact) mass is 138 g/mol. The fourth-order valence-electron chi connectivity index (χ4n) is 0. The zero-order valence-electron chi connectivity index (χ0n) is 2.76. The van der Waals surface area contributed by atoms with Crippen LogP contribution in [0.4, 0.5) is 4.39 Å². The van der Waals surface area contributed by atoms with E-state index in [1.165, 1.54) is 0 Å². The van der Waals surface area contributed by atoms with Crippen LogP contribution in [0.2, 0.25) is 0 Å². The molecule has 40 valence electrons. The van der Waals surface area contributed by atoms with Gasteiger partial charge < -0.3 is 0 Å². The minimum atomic E-state index is -4.33. The van der Waals surface area contributed by atoms with Gasteiger partial charge in [0, 0.05) is 0 Å². The molecule has 7 heavy (non-hydrogen) atoms. The molecule has 0 fully saturated rings. The molecule has 0 amide bonds. The topological polar surface area (TPSA) is 54.4 Å². The van der Waals surface area contributed by atoms with Gasteiger partial charge in [-0.2, -0.15) is 8.42 Å². The number of rotatable bonds is 1. The molecule has 0 aliphatic heterocycles. The van der Waals surface area contributed by atoms with Gasteiger partial charge in [0.25, 0.3) is 10.1 Å². The summed E-state index contributed by atoms with van der Waals surface area (Å²) in [6.07, 6.45) is 0. The molecule has 0 atom stereocenters. The van der Waals surface area contributed by atoms with Gasteiger partial charge in [0.05, 0.1) is 0 Å². The Morgan fingerprint density at radius 3 is 1.71 bits per heavy atom. The van der Waals surface area contributed by atoms with Crippen LogP contribution in [0, 0.1) is 0 Å². The molecule has 0 aliphatic carbocycles. The predicted molar refractivity (Wildman–Crippen MR) is 24.7 cm³/mol. The Hall–Kier alpha value is 0.840. The zero-order chi connectivity index (χ0) is 5.21. The van der Waals surface area contributed by atoms with Gasteiger partial charge in [-0.15, -0.1) is 0 Å². The summed E-state index contributed by atoms with van der Waals surface area (Å²) in [5.41, 5.74) is 0. The van der Waals surface area contributed by atoms with Gasteiger partial charge in [-0.3, -0.25) is 4.55 Å². The summed E-state index contributed by atoms with van der Waals surface area (Å²) in [7, 11) is -4.33. The summed E-state index contributed by atoms with van der Waals surface area (Å²) in [4.78, 5) is 0. The third-order valence-electron chi connectivity index (χ3n) is 0.138. The quantitative estimate of drug-likeness (QED) is 0.379. The number of hydrogen-bond acceptors (Lipinski definition) is 2. The molecule has 0 radical (unpaired) electrons. The van der Waals surface area contributed by atoms with Gasteiger partial charge in [-0.1, -0.05) is 0 Å². The van der Waals surface area contributed by atoms with Gasteiger partial charge in [-0.05, 0) is 0 Å². The van der Waals surface area contributed by atoms with E-state index < -0.39 is 16.1 Å². The summed E-state index contributed by atoms with van der Waals surface area (Å²) < 4.78 is 36.4. The second-order valence-electron chi connectivity index (χ2n) is 0.691. The van der Waals surface area contributed by atoms with Crippen molar-refractivity contribution in [2.45, 2.75) is 0 Å². The van der Waals surface area contributed by atoms with Crippen molar-refractivity contribution in [1.82, 2.24) is 0 Å². The second-order valence-corrected chi connectivity index (χ2v) is 2.07. The summed E-state index contributed by atoms with van der Waals surface area (Å²) in [6.45, 7) is 0. The van der Waals surface area contributed by atoms with Crippen LogP contribution in [0.5, 0.6) is 0 Å². The molecule has 0 heterocycles. The maximum atomic E-state index is 10.7. The van der Waals surface area contributed by atoms with Crippen molar-refractivity contribution in [3.05, 3.63) is 0 Å². The van der Waals surface area contributed by atoms with Crippen LogP contribution in [0.3, 0.4) is 0 Å². The molecule has 0 rings (SSSR count). The standard InChI is InChI=1S/CH3FO3S.Na.H/c2-1-6(3,4)5;;/h1H2,(H,3,4,5);;.